The van der Waals surface area contributed by atoms with E-state index in [0.717, 1.165) is 69.2 Å². The maximum atomic E-state index is 11.8. The number of aliphatic imine (C=N–C) groups is 1. The molecule has 0 radical (unpaired) electrons. The summed E-state index contributed by atoms with van der Waals surface area (Å²) in [7, 11) is 3.53. The molecule has 0 aromatic heterocycles. The van der Waals surface area contributed by atoms with Gasteiger partial charge >= 0.3 is 0 Å². The molecule has 0 atom stereocenters. The van der Waals surface area contributed by atoms with E-state index in [1.807, 2.05) is 32.2 Å². The molecule has 0 spiro atoms. The van der Waals surface area contributed by atoms with Gasteiger partial charge in [-0.15, -0.1) is 0 Å². The van der Waals surface area contributed by atoms with Gasteiger partial charge < -0.3 is 25.0 Å². The molecule has 1 aromatic rings. The molecule has 1 heterocycles. The van der Waals surface area contributed by atoms with E-state index in [0.29, 0.717) is 19.1 Å². The number of rotatable bonds is 10. The molecule has 2 rings (SSSR count). The molecule has 7 nitrogen and oxygen atoms in total. The van der Waals surface area contributed by atoms with Crippen molar-refractivity contribution in [3.05, 3.63) is 29.8 Å². The van der Waals surface area contributed by atoms with Gasteiger partial charge in [0.25, 0.3) is 0 Å². The van der Waals surface area contributed by atoms with Crippen molar-refractivity contribution in [2.45, 2.75) is 51.7 Å². The van der Waals surface area contributed by atoms with Crippen LogP contribution in [0.25, 0.3) is 0 Å². The van der Waals surface area contributed by atoms with E-state index in [9.17, 15) is 4.79 Å². The van der Waals surface area contributed by atoms with E-state index in [-0.39, 0.29) is 5.91 Å². The summed E-state index contributed by atoms with van der Waals surface area (Å²) in [6.07, 6.45) is 4.67. The zero-order chi connectivity index (χ0) is 20.9. The molecule has 1 saturated heterocycles. The van der Waals surface area contributed by atoms with Crippen molar-refractivity contribution in [1.82, 2.24) is 10.2 Å². The van der Waals surface area contributed by atoms with E-state index in [4.69, 9.17) is 9.47 Å². The Morgan fingerprint density at radius 3 is 2.76 bits per heavy atom. The molecule has 1 aliphatic rings. The Bertz CT molecular complexity index is 643. The van der Waals surface area contributed by atoms with Gasteiger partial charge in [-0.2, -0.15) is 0 Å². The third-order valence-electron chi connectivity index (χ3n) is 4.94. The lowest BCUT2D eigenvalue weighted by Gasteiger charge is -2.34. The summed E-state index contributed by atoms with van der Waals surface area (Å²) in [5, 5.41) is 6.39. The lowest BCUT2D eigenvalue weighted by Crippen LogP contribution is -2.46. The van der Waals surface area contributed by atoms with Crippen molar-refractivity contribution in [3.63, 3.8) is 0 Å². The number of amides is 1. The molecule has 1 aliphatic heterocycles. The summed E-state index contributed by atoms with van der Waals surface area (Å²) in [6, 6.07) is 7.95. The number of ether oxygens (including phenoxy) is 2. The number of anilines is 1. The minimum absolute atomic E-state index is 0.0562. The summed E-state index contributed by atoms with van der Waals surface area (Å²) >= 11 is 0. The van der Waals surface area contributed by atoms with Gasteiger partial charge in [0.1, 0.15) is 0 Å². The summed E-state index contributed by atoms with van der Waals surface area (Å²) in [5.74, 6) is 0.962. The van der Waals surface area contributed by atoms with Crippen LogP contribution in [-0.4, -0.2) is 63.3 Å². The molecular weight excluding hydrogens is 368 g/mol. The van der Waals surface area contributed by atoms with Crippen molar-refractivity contribution in [3.8, 4) is 0 Å². The van der Waals surface area contributed by atoms with Crippen LogP contribution in [0.5, 0.6) is 0 Å². The van der Waals surface area contributed by atoms with Crippen LogP contribution in [0.3, 0.4) is 0 Å². The van der Waals surface area contributed by atoms with Crippen LogP contribution >= 0.6 is 0 Å². The first-order chi connectivity index (χ1) is 14.2. The normalized spacial score (nSPS) is 15.4. The van der Waals surface area contributed by atoms with Crippen molar-refractivity contribution in [1.29, 1.82) is 0 Å². The Morgan fingerprint density at radius 2 is 2.07 bits per heavy atom. The number of benzene rings is 1. The average molecular weight is 405 g/mol. The van der Waals surface area contributed by atoms with Gasteiger partial charge in [0.2, 0.25) is 5.91 Å². The highest BCUT2D eigenvalue weighted by molar-refractivity contribution is 5.90. The standard InChI is InChI=1S/C22H36N4O3/c1-4-7-21(27)25-19-9-5-8-18(16-19)17-24-22(23-2)26-12-10-20(11-13-26)29-15-6-14-28-3/h5,8-9,16,20H,4,6-7,10-15,17H2,1-3H3,(H,23,24)(H,25,27). The van der Waals surface area contributed by atoms with Crippen molar-refractivity contribution >= 4 is 17.6 Å². The number of hydrogen-bond acceptors (Lipinski definition) is 4. The van der Waals surface area contributed by atoms with Crippen molar-refractivity contribution in [2.24, 2.45) is 4.99 Å². The Labute approximate surface area is 174 Å². The van der Waals surface area contributed by atoms with Crippen molar-refractivity contribution < 1.29 is 14.3 Å². The first kappa shape index (κ1) is 23.2. The number of carbonyl (C=O) groups excluding carboxylic acids is 1. The van der Waals surface area contributed by atoms with Gasteiger partial charge in [-0.1, -0.05) is 19.1 Å². The molecule has 1 amide bonds. The number of nitrogens with one attached hydrogen (secondary N) is 2. The van der Waals surface area contributed by atoms with Gasteiger partial charge in [-0.3, -0.25) is 9.79 Å². The van der Waals surface area contributed by atoms with Gasteiger partial charge in [-0.25, -0.2) is 0 Å². The van der Waals surface area contributed by atoms with Crippen LogP contribution < -0.4 is 10.6 Å². The summed E-state index contributed by atoms with van der Waals surface area (Å²) < 4.78 is 11.0. The van der Waals surface area contributed by atoms with Gasteiger partial charge in [-0.05, 0) is 43.4 Å². The highest BCUT2D eigenvalue weighted by Gasteiger charge is 2.21. The molecular formula is C22H36N4O3. The summed E-state index contributed by atoms with van der Waals surface area (Å²) in [5.41, 5.74) is 1.95. The molecule has 7 heteroatoms. The molecule has 1 fully saturated rings. The number of hydrogen-bond donors (Lipinski definition) is 2. The van der Waals surface area contributed by atoms with Gasteiger partial charge in [0.05, 0.1) is 6.10 Å². The average Bonchev–Trinajstić information content (AvgIpc) is 2.73. The second kappa shape index (κ2) is 13.2. The highest BCUT2D eigenvalue weighted by atomic mass is 16.5. The van der Waals surface area contributed by atoms with Crippen LogP contribution in [0.15, 0.2) is 29.3 Å². The predicted octanol–water partition coefficient (Wildman–Crippen LogP) is 3.02. The Balaban J connectivity index is 1.77. The lowest BCUT2D eigenvalue weighted by atomic mass is 10.1. The fourth-order valence-corrected chi connectivity index (χ4v) is 3.41. The summed E-state index contributed by atoms with van der Waals surface area (Å²) in [4.78, 5) is 18.5. The van der Waals surface area contributed by atoms with Crippen LogP contribution in [0.4, 0.5) is 5.69 Å². The number of carbonyl (C=O) groups is 1. The van der Waals surface area contributed by atoms with E-state index >= 15 is 0 Å². The predicted molar refractivity (Wildman–Crippen MR) is 117 cm³/mol. The van der Waals surface area contributed by atoms with Gasteiger partial charge in [0, 0.05) is 59.1 Å². The van der Waals surface area contributed by atoms with Crippen LogP contribution in [0, 0.1) is 0 Å². The highest BCUT2D eigenvalue weighted by Crippen LogP contribution is 2.15. The number of likely N-dealkylation sites (tertiary alicyclic amines) is 1. The smallest absolute Gasteiger partial charge is 0.224 e. The maximum Gasteiger partial charge on any atom is 0.224 e. The molecule has 0 aliphatic carbocycles. The number of nitrogens with zero attached hydrogens (tertiary/aromatic N) is 2. The quantitative estimate of drug-likeness (QED) is 0.356. The Morgan fingerprint density at radius 1 is 1.28 bits per heavy atom. The van der Waals surface area contributed by atoms with Gasteiger partial charge in [0.15, 0.2) is 5.96 Å². The van der Waals surface area contributed by atoms with E-state index in [1.165, 1.54) is 0 Å². The third-order valence-corrected chi connectivity index (χ3v) is 4.94. The minimum Gasteiger partial charge on any atom is -0.385 e. The molecule has 2 N–H and O–H groups in total. The minimum atomic E-state index is 0.0562. The Hall–Kier alpha value is -2.12. The number of piperidine rings is 1. The first-order valence-electron chi connectivity index (χ1n) is 10.6. The molecule has 1 aromatic carbocycles. The topological polar surface area (TPSA) is 75.2 Å². The van der Waals surface area contributed by atoms with Crippen LogP contribution in [-0.2, 0) is 20.8 Å². The van der Waals surface area contributed by atoms with E-state index in [1.54, 1.807) is 7.11 Å². The second-order valence-electron chi connectivity index (χ2n) is 7.30. The number of methoxy groups -OCH3 is 1. The molecule has 162 valence electrons. The molecule has 29 heavy (non-hydrogen) atoms. The fraction of sp³-hybridized carbons (Fsp3) is 0.636. The van der Waals surface area contributed by atoms with E-state index in [2.05, 4.69) is 26.6 Å². The zero-order valence-corrected chi connectivity index (χ0v) is 18.1. The fourth-order valence-electron chi connectivity index (χ4n) is 3.41. The Kier molecular flexibility index (Phi) is 10.5. The lowest BCUT2D eigenvalue weighted by molar-refractivity contribution is -0.116. The monoisotopic (exact) mass is 404 g/mol. The molecule has 0 unspecified atom stereocenters. The van der Waals surface area contributed by atoms with Crippen LogP contribution in [0.2, 0.25) is 0 Å². The summed E-state index contributed by atoms with van der Waals surface area (Å²) in [6.45, 7) is 6.04. The maximum absolute atomic E-state index is 11.8. The molecule has 0 saturated carbocycles. The molecule has 0 bridgehead atoms. The SMILES string of the molecule is CCCC(=O)Nc1cccc(CNC(=NC)N2CCC(OCCCOC)CC2)c1. The van der Waals surface area contributed by atoms with Crippen molar-refractivity contribution in [2.75, 3.05) is 45.8 Å². The van der Waals surface area contributed by atoms with E-state index < -0.39 is 0 Å². The number of guanidine groups is 1. The third kappa shape index (κ3) is 8.41. The second-order valence-corrected chi connectivity index (χ2v) is 7.30. The van der Waals surface area contributed by atoms with Crippen LogP contribution in [0.1, 0.15) is 44.6 Å². The zero-order valence-electron chi connectivity index (χ0n) is 18.1. The first-order valence-corrected chi connectivity index (χ1v) is 10.6. The largest absolute Gasteiger partial charge is 0.385 e.